The minimum Gasteiger partial charge on any atom is -0.348 e. The Balaban J connectivity index is 1.50. The molecule has 3 N–H and O–H groups in total. The second kappa shape index (κ2) is 8.33. The van der Waals surface area contributed by atoms with Crippen molar-refractivity contribution in [3.8, 4) is 6.07 Å². The summed E-state index contributed by atoms with van der Waals surface area (Å²) in [6.45, 7) is 0. The molecule has 2 heterocycles. The Morgan fingerprint density at radius 2 is 2.10 bits per heavy atom. The Hall–Kier alpha value is -3.73. The molecule has 1 aliphatic carbocycles. The molecule has 4 rings (SSSR count). The number of H-pyrrole nitrogens is 1. The van der Waals surface area contributed by atoms with Crippen LogP contribution in [-0.4, -0.2) is 27.8 Å². The lowest BCUT2D eigenvalue weighted by molar-refractivity contribution is -0.123. The van der Waals surface area contributed by atoms with Gasteiger partial charge in [0.25, 0.3) is 5.91 Å². The molecule has 2 amide bonds. The van der Waals surface area contributed by atoms with Gasteiger partial charge >= 0.3 is 0 Å². The summed E-state index contributed by atoms with van der Waals surface area (Å²) in [5.41, 5.74) is 0.982. The van der Waals surface area contributed by atoms with Gasteiger partial charge in [-0.25, -0.2) is 4.39 Å². The number of halogens is 1. The lowest BCUT2D eigenvalue weighted by Gasteiger charge is -2.20. The number of carbonyl (C=O) groups is 2. The van der Waals surface area contributed by atoms with Crippen molar-refractivity contribution in [1.82, 2.24) is 20.6 Å². The molecule has 2 atom stereocenters. The van der Waals surface area contributed by atoms with Gasteiger partial charge in [0.2, 0.25) is 5.91 Å². The number of fused-ring (bicyclic) bond motifs is 1. The number of aromatic nitrogens is 2. The molecule has 0 radical (unpaired) electrons. The Bertz CT molecular complexity index is 1120. The number of amides is 2. The third kappa shape index (κ3) is 4.30. The minimum absolute atomic E-state index is 0.174. The molecule has 0 saturated heterocycles. The molecule has 7 nitrogen and oxygen atoms in total. The normalized spacial score (nSPS) is 15.2. The topological polar surface area (TPSA) is 111 Å². The first-order valence-electron chi connectivity index (χ1n) is 9.73. The number of nitrogens with one attached hydrogen (secondary N) is 3. The zero-order valence-corrected chi connectivity index (χ0v) is 16.1. The second-order valence-electron chi connectivity index (χ2n) is 7.45. The Labute approximate surface area is 172 Å². The van der Waals surface area contributed by atoms with E-state index in [1.165, 1.54) is 12.3 Å². The van der Waals surface area contributed by atoms with Crippen molar-refractivity contribution in [2.45, 2.75) is 31.3 Å². The summed E-state index contributed by atoms with van der Waals surface area (Å²) in [6, 6.07) is 9.90. The van der Waals surface area contributed by atoms with Gasteiger partial charge in [0.15, 0.2) is 0 Å². The molecular formula is C22H20FN5O2. The van der Waals surface area contributed by atoms with E-state index in [-0.39, 0.29) is 11.2 Å². The van der Waals surface area contributed by atoms with Crippen molar-refractivity contribution >= 4 is 22.7 Å². The summed E-state index contributed by atoms with van der Waals surface area (Å²) in [5, 5.41) is 15.4. The summed E-state index contributed by atoms with van der Waals surface area (Å²) in [6.07, 6.45) is 5.58. The summed E-state index contributed by atoms with van der Waals surface area (Å²) in [7, 11) is 0. The Morgan fingerprint density at radius 1 is 1.27 bits per heavy atom. The maximum absolute atomic E-state index is 13.9. The molecular weight excluding hydrogens is 385 g/mol. The van der Waals surface area contributed by atoms with E-state index >= 15 is 0 Å². The highest BCUT2D eigenvalue weighted by Crippen LogP contribution is 2.33. The predicted molar refractivity (Wildman–Crippen MR) is 108 cm³/mol. The van der Waals surface area contributed by atoms with Gasteiger partial charge in [-0.15, -0.1) is 0 Å². The van der Waals surface area contributed by atoms with E-state index in [4.69, 9.17) is 0 Å². The monoisotopic (exact) mass is 405 g/mol. The minimum atomic E-state index is -0.869. The molecule has 0 spiro atoms. The number of rotatable bonds is 7. The van der Waals surface area contributed by atoms with Crippen molar-refractivity contribution in [2.24, 2.45) is 5.92 Å². The fourth-order valence-corrected chi connectivity index (χ4v) is 3.38. The highest BCUT2D eigenvalue weighted by Gasteiger charge is 2.32. The molecule has 3 aromatic rings. The fourth-order valence-electron chi connectivity index (χ4n) is 3.38. The Morgan fingerprint density at radius 3 is 2.77 bits per heavy atom. The van der Waals surface area contributed by atoms with E-state index in [2.05, 4.69) is 20.6 Å². The molecule has 2 aromatic heterocycles. The predicted octanol–water partition coefficient (Wildman–Crippen LogP) is 2.98. The Kier molecular flexibility index (Phi) is 5.44. The smallest absolute Gasteiger partial charge is 0.268 e. The summed E-state index contributed by atoms with van der Waals surface area (Å²) >= 11 is 0. The summed E-state index contributed by atoms with van der Waals surface area (Å²) < 4.78 is 13.9. The van der Waals surface area contributed by atoms with Crippen LogP contribution in [-0.2, 0) is 4.79 Å². The van der Waals surface area contributed by atoms with Crippen molar-refractivity contribution in [3.63, 3.8) is 0 Å². The number of hydrogen-bond donors (Lipinski definition) is 3. The van der Waals surface area contributed by atoms with Gasteiger partial charge in [0.05, 0.1) is 11.6 Å². The SMILES string of the molecule is N#C[C@@H](NC(=O)[C@H](CC1CC1)NC(=O)c1cc2cccc(F)c2[nH]1)c1cccnc1. The zero-order valence-electron chi connectivity index (χ0n) is 16.1. The van der Waals surface area contributed by atoms with Crippen LogP contribution in [0.25, 0.3) is 10.9 Å². The highest BCUT2D eigenvalue weighted by atomic mass is 19.1. The molecule has 1 aromatic carbocycles. The number of para-hydroxylation sites is 1. The van der Waals surface area contributed by atoms with Crippen molar-refractivity contribution < 1.29 is 14.0 Å². The maximum Gasteiger partial charge on any atom is 0.268 e. The standard InChI is InChI=1S/C22H20FN5O2/c23-16-5-1-3-14-10-18(26-20(14)16)22(30)27-17(9-13-6-7-13)21(29)28-19(11-24)15-4-2-8-25-12-15/h1-5,8,10,12-13,17,19,26H,6-7,9H2,(H,27,30)(H,28,29)/t17-,19+/m0/s1. The van der Waals surface area contributed by atoms with Crippen LogP contribution in [0.3, 0.4) is 0 Å². The van der Waals surface area contributed by atoms with Crippen molar-refractivity contribution in [3.05, 3.63) is 65.9 Å². The van der Waals surface area contributed by atoms with Gasteiger partial charge in [-0.3, -0.25) is 14.6 Å². The quantitative estimate of drug-likeness (QED) is 0.561. The molecule has 30 heavy (non-hydrogen) atoms. The average Bonchev–Trinajstić information content (AvgIpc) is 3.46. The molecule has 0 unspecified atom stereocenters. The van der Waals surface area contributed by atoms with E-state index in [0.717, 1.165) is 12.8 Å². The number of benzene rings is 1. The molecule has 152 valence electrons. The van der Waals surface area contributed by atoms with Gasteiger partial charge in [-0.1, -0.05) is 31.0 Å². The molecule has 8 heteroatoms. The van der Waals surface area contributed by atoms with Crippen molar-refractivity contribution in [1.29, 1.82) is 5.26 Å². The van der Waals surface area contributed by atoms with Crippen LogP contribution in [0.15, 0.2) is 48.8 Å². The van der Waals surface area contributed by atoms with Gasteiger partial charge < -0.3 is 15.6 Å². The molecule has 1 saturated carbocycles. The lowest BCUT2D eigenvalue weighted by atomic mass is 10.1. The first-order chi connectivity index (χ1) is 14.5. The largest absolute Gasteiger partial charge is 0.348 e. The third-order valence-electron chi connectivity index (χ3n) is 5.17. The molecule has 0 bridgehead atoms. The van der Waals surface area contributed by atoms with Crippen LogP contribution in [0.2, 0.25) is 0 Å². The van der Waals surface area contributed by atoms with Crippen LogP contribution in [0, 0.1) is 23.1 Å². The van der Waals surface area contributed by atoms with Gasteiger partial charge in [0.1, 0.15) is 23.6 Å². The van der Waals surface area contributed by atoms with E-state index in [1.807, 2.05) is 6.07 Å². The van der Waals surface area contributed by atoms with E-state index in [1.54, 1.807) is 36.5 Å². The fraction of sp³-hybridized carbons (Fsp3) is 0.273. The van der Waals surface area contributed by atoms with Crippen LogP contribution < -0.4 is 10.6 Å². The van der Waals surface area contributed by atoms with Gasteiger partial charge in [0, 0.05) is 23.3 Å². The van der Waals surface area contributed by atoms with Crippen LogP contribution in [0.4, 0.5) is 4.39 Å². The molecule has 1 aliphatic rings. The number of aromatic amines is 1. The van der Waals surface area contributed by atoms with Crippen LogP contribution >= 0.6 is 0 Å². The van der Waals surface area contributed by atoms with Crippen LogP contribution in [0.5, 0.6) is 0 Å². The number of nitriles is 1. The van der Waals surface area contributed by atoms with E-state index < -0.39 is 29.7 Å². The molecule has 1 fully saturated rings. The van der Waals surface area contributed by atoms with Crippen LogP contribution in [0.1, 0.15) is 41.4 Å². The van der Waals surface area contributed by atoms with E-state index in [9.17, 15) is 19.2 Å². The van der Waals surface area contributed by atoms with Gasteiger partial charge in [-0.2, -0.15) is 5.26 Å². The maximum atomic E-state index is 13.9. The first kappa shape index (κ1) is 19.6. The number of pyridine rings is 1. The van der Waals surface area contributed by atoms with Crippen molar-refractivity contribution in [2.75, 3.05) is 0 Å². The highest BCUT2D eigenvalue weighted by molar-refractivity contribution is 6.00. The van der Waals surface area contributed by atoms with E-state index in [0.29, 0.717) is 23.3 Å². The second-order valence-corrected chi connectivity index (χ2v) is 7.45. The third-order valence-corrected chi connectivity index (χ3v) is 5.17. The first-order valence-corrected chi connectivity index (χ1v) is 9.73. The molecule has 0 aliphatic heterocycles. The summed E-state index contributed by atoms with van der Waals surface area (Å²) in [4.78, 5) is 32.4. The average molecular weight is 405 g/mol. The zero-order chi connectivity index (χ0) is 21.1. The van der Waals surface area contributed by atoms with Gasteiger partial charge in [-0.05, 0) is 30.5 Å². The number of nitrogens with zero attached hydrogens (tertiary/aromatic N) is 2. The summed E-state index contributed by atoms with van der Waals surface area (Å²) in [5.74, 6) is -1.03. The number of carbonyl (C=O) groups excluding carboxylic acids is 2. The number of hydrogen-bond acceptors (Lipinski definition) is 4. The lowest BCUT2D eigenvalue weighted by Crippen LogP contribution is -2.47.